The Kier molecular flexibility index (Phi) is 6.02. The summed E-state index contributed by atoms with van der Waals surface area (Å²) in [6.45, 7) is 2.39. The zero-order valence-corrected chi connectivity index (χ0v) is 16.8. The molecule has 156 valence electrons. The van der Waals surface area contributed by atoms with Crippen molar-refractivity contribution in [3.05, 3.63) is 72.2 Å². The Morgan fingerprint density at radius 2 is 1.77 bits per heavy atom. The van der Waals surface area contributed by atoms with E-state index in [4.69, 9.17) is 18.9 Å². The first kappa shape index (κ1) is 20.0. The van der Waals surface area contributed by atoms with E-state index in [1.54, 1.807) is 36.4 Å². The fourth-order valence-corrected chi connectivity index (χ4v) is 3.84. The summed E-state index contributed by atoms with van der Waals surface area (Å²) in [7, 11) is 0. The topological polar surface area (TPSA) is 71.1 Å². The first-order valence-corrected chi connectivity index (χ1v) is 10.2. The van der Waals surface area contributed by atoms with Crippen LogP contribution in [-0.2, 0) is 14.3 Å². The maximum Gasteiger partial charge on any atom is 0.338 e. The van der Waals surface area contributed by atoms with Gasteiger partial charge in [-0.05, 0) is 44.0 Å². The van der Waals surface area contributed by atoms with E-state index in [0.29, 0.717) is 42.9 Å². The van der Waals surface area contributed by atoms with Gasteiger partial charge in [0.2, 0.25) is 11.5 Å². The molecule has 0 amide bonds. The van der Waals surface area contributed by atoms with Crippen LogP contribution in [0.15, 0.2) is 66.6 Å². The van der Waals surface area contributed by atoms with Gasteiger partial charge in [-0.1, -0.05) is 30.3 Å². The first-order valence-electron chi connectivity index (χ1n) is 10.2. The lowest BCUT2D eigenvalue weighted by Crippen LogP contribution is -2.43. The number of rotatable bonds is 6. The van der Waals surface area contributed by atoms with Crippen molar-refractivity contribution in [2.75, 3.05) is 6.61 Å². The standard InChI is InChI=1S/C24H24O6/c1-2-27-19-10-6-7-11-20(19)30-22-15-28-21-14-17(12-13-18(21)23(22)25)29-24(26)16-8-4-3-5-9-16/h3-11,15,17-18,21H,2,12-14H2,1H3. The van der Waals surface area contributed by atoms with Gasteiger partial charge in [0.05, 0.1) is 18.1 Å². The maximum atomic E-state index is 13.0. The second-order valence-corrected chi connectivity index (χ2v) is 7.32. The monoisotopic (exact) mass is 408 g/mol. The molecule has 3 unspecified atom stereocenters. The fraction of sp³-hybridized carbons (Fsp3) is 0.333. The lowest BCUT2D eigenvalue weighted by Gasteiger charge is -2.36. The molecule has 1 aliphatic carbocycles. The van der Waals surface area contributed by atoms with Gasteiger partial charge in [0.25, 0.3) is 0 Å². The van der Waals surface area contributed by atoms with Gasteiger partial charge in [-0.2, -0.15) is 0 Å². The van der Waals surface area contributed by atoms with E-state index in [1.807, 2.05) is 25.1 Å². The van der Waals surface area contributed by atoms with Crippen molar-refractivity contribution in [3.63, 3.8) is 0 Å². The Morgan fingerprint density at radius 1 is 1.03 bits per heavy atom. The Bertz CT molecular complexity index is 936. The number of benzene rings is 2. The van der Waals surface area contributed by atoms with E-state index >= 15 is 0 Å². The van der Waals surface area contributed by atoms with Crippen LogP contribution >= 0.6 is 0 Å². The van der Waals surface area contributed by atoms with Gasteiger partial charge in [0.15, 0.2) is 11.5 Å². The molecule has 6 heteroatoms. The van der Waals surface area contributed by atoms with Crippen molar-refractivity contribution in [3.8, 4) is 11.5 Å². The molecular weight excluding hydrogens is 384 g/mol. The van der Waals surface area contributed by atoms with Gasteiger partial charge >= 0.3 is 5.97 Å². The molecule has 2 aromatic carbocycles. The smallest absolute Gasteiger partial charge is 0.338 e. The van der Waals surface area contributed by atoms with Crippen LogP contribution in [-0.4, -0.2) is 30.6 Å². The number of esters is 1. The summed E-state index contributed by atoms with van der Waals surface area (Å²) in [5, 5.41) is 0. The number of Topliss-reactive ketones (excluding diaryl/α,β-unsaturated/α-hetero) is 1. The molecule has 0 bridgehead atoms. The number of ketones is 1. The van der Waals surface area contributed by atoms with Crippen molar-refractivity contribution in [2.45, 2.75) is 38.4 Å². The zero-order chi connectivity index (χ0) is 20.9. The molecular formula is C24H24O6. The SMILES string of the molecule is CCOc1ccccc1OC1=COC2CC(OC(=O)c3ccccc3)CCC2C1=O. The molecule has 0 radical (unpaired) electrons. The third-order valence-corrected chi connectivity index (χ3v) is 5.33. The second-order valence-electron chi connectivity index (χ2n) is 7.32. The van der Waals surface area contributed by atoms with E-state index in [-0.39, 0.29) is 35.6 Å². The van der Waals surface area contributed by atoms with E-state index in [2.05, 4.69) is 0 Å². The molecule has 1 aliphatic heterocycles. The molecule has 0 spiro atoms. The van der Waals surface area contributed by atoms with E-state index in [0.717, 1.165) is 0 Å². The van der Waals surface area contributed by atoms with E-state index in [1.165, 1.54) is 6.26 Å². The fourth-order valence-electron chi connectivity index (χ4n) is 3.84. The molecule has 0 saturated heterocycles. The van der Waals surface area contributed by atoms with Gasteiger partial charge in [-0.25, -0.2) is 4.79 Å². The summed E-state index contributed by atoms with van der Waals surface area (Å²) in [5.74, 6) is 0.469. The van der Waals surface area contributed by atoms with Crippen LogP contribution in [0, 0.1) is 5.92 Å². The molecule has 0 aromatic heterocycles. The highest BCUT2D eigenvalue weighted by molar-refractivity contribution is 5.96. The van der Waals surface area contributed by atoms with Crippen molar-refractivity contribution >= 4 is 11.8 Å². The minimum Gasteiger partial charge on any atom is -0.493 e. The average molecular weight is 408 g/mol. The third kappa shape index (κ3) is 4.32. The van der Waals surface area contributed by atoms with Gasteiger partial charge in [0.1, 0.15) is 18.5 Å². The number of para-hydroxylation sites is 2. The summed E-state index contributed by atoms with van der Waals surface area (Å²) in [5.41, 5.74) is 0.517. The maximum absolute atomic E-state index is 13.0. The summed E-state index contributed by atoms with van der Waals surface area (Å²) in [4.78, 5) is 25.3. The Labute approximate surface area is 175 Å². The van der Waals surface area contributed by atoms with E-state index < -0.39 is 0 Å². The minimum absolute atomic E-state index is 0.0922. The zero-order valence-electron chi connectivity index (χ0n) is 16.8. The highest BCUT2D eigenvalue weighted by Crippen LogP contribution is 2.36. The predicted octanol–water partition coefficient (Wildman–Crippen LogP) is 4.30. The predicted molar refractivity (Wildman–Crippen MR) is 109 cm³/mol. The van der Waals surface area contributed by atoms with Crippen LogP contribution in [0.4, 0.5) is 0 Å². The van der Waals surface area contributed by atoms with Crippen LogP contribution < -0.4 is 9.47 Å². The van der Waals surface area contributed by atoms with Gasteiger partial charge in [-0.3, -0.25) is 4.79 Å². The highest BCUT2D eigenvalue weighted by atomic mass is 16.6. The number of hydrogen-bond donors (Lipinski definition) is 0. The third-order valence-electron chi connectivity index (χ3n) is 5.33. The van der Waals surface area contributed by atoms with Crippen molar-refractivity contribution in [1.82, 2.24) is 0 Å². The highest BCUT2D eigenvalue weighted by Gasteiger charge is 2.42. The number of ether oxygens (including phenoxy) is 4. The van der Waals surface area contributed by atoms with Crippen molar-refractivity contribution < 1.29 is 28.5 Å². The average Bonchev–Trinajstić information content (AvgIpc) is 2.78. The second kappa shape index (κ2) is 9.03. The lowest BCUT2D eigenvalue weighted by atomic mass is 9.80. The molecule has 30 heavy (non-hydrogen) atoms. The molecule has 1 heterocycles. The Morgan fingerprint density at radius 3 is 2.53 bits per heavy atom. The van der Waals surface area contributed by atoms with Crippen LogP contribution in [0.2, 0.25) is 0 Å². The molecule has 1 fully saturated rings. The quantitative estimate of drug-likeness (QED) is 0.664. The van der Waals surface area contributed by atoms with E-state index in [9.17, 15) is 9.59 Å². The van der Waals surface area contributed by atoms with Crippen molar-refractivity contribution in [2.24, 2.45) is 5.92 Å². The molecule has 6 nitrogen and oxygen atoms in total. The van der Waals surface area contributed by atoms with Crippen LogP contribution in [0.1, 0.15) is 36.5 Å². The molecule has 1 saturated carbocycles. The Hall–Kier alpha value is -3.28. The summed E-state index contributed by atoms with van der Waals surface area (Å²) in [6.07, 6.45) is 2.43. The molecule has 0 N–H and O–H groups in total. The number of allylic oxidation sites excluding steroid dienone is 1. The number of carbonyl (C=O) groups is 2. The molecule has 3 atom stereocenters. The number of fused-ring (bicyclic) bond motifs is 1. The normalized spacial score (nSPS) is 22.9. The molecule has 2 aliphatic rings. The largest absolute Gasteiger partial charge is 0.493 e. The minimum atomic E-state index is -0.353. The van der Waals surface area contributed by atoms with Gasteiger partial charge < -0.3 is 18.9 Å². The summed E-state index contributed by atoms with van der Waals surface area (Å²) < 4.78 is 22.8. The summed E-state index contributed by atoms with van der Waals surface area (Å²) in [6, 6.07) is 16.1. The van der Waals surface area contributed by atoms with Gasteiger partial charge in [0, 0.05) is 6.42 Å². The van der Waals surface area contributed by atoms with Crippen LogP contribution in [0.3, 0.4) is 0 Å². The van der Waals surface area contributed by atoms with Crippen LogP contribution in [0.25, 0.3) is 0 Å². The number of carbonyl (C=O) groups excluding carboxylic acids is 2. The molecule has 4 rings (SSSR count). The lowest BCUT2D eigenvalue weighted by molar-refractivity contribution is -0.132. The van der Waals surface area contributed by atoms with Crippen molar-refractivity contribution in [1.29, 1.82) is 0 Å². The summed E-state index contributed by atoms with van der Waals surface area (Å²) >= 11 is 0. The van der Waals surface area contributed by atoms with Gasteiger partial charge in [-0.15, -0.1) is 0 Å². The Balaban J connectivity index is 1.40. The first-order chi connectivity index (χ1) is 14.7. The molecule has 2 aromatic rings. The number of hydrogen-bond acceptors (Lipinski definition) is 6. The van der Waals surface area contributed by atoms with Crippen LogP contribution in [0.5, 0.6) is 11.5 Å².